The van der Waals surface area contributed by atoms with Crippen molar-refractivity contribution in [2.24, 2.45) is 0 Å². The van der Waals surface area contributed by atoms with E-state index in [0.717, 1.165) is 33.9 Å². The Hall–Kier alpha value is -3.35. The maximum absolute atomic E-state index is 14.2. The molecule has 5 nitrogen and oxygen atoms in total. The molecule has 7 heteroatoms. The van der Waals surface area contributed by atoms with Crippen molar-refractivity contribution in [1.29, 1.82) is 0 Å². The summed E-state index contributed by atoms with van der Waals surface area (Å²) < 4.78 is 28.9. The Morgan fingerprint density at radius 2 is 1.67 bits per heavy atom. The van der Waals surface area contributed by atoms with E-state index in [2.05, 4.69) is 4.98 Å². The number of halogens is 2. The minimum absolute atomic E-state index is 0.103. The van der Waals surface area contributed by atoms with E-state index in [0.29, 0.717) is 5.56 Å². The van der Waals surface area contributed by atoms with Gasteiger partial charge in [0.25, 0.3) is 5.56 Å². The summed E-state index contributed by atoms with van der Waals surface area (Å²) in [6.45, 7) is 6.71. The number of H-pyrrole nitrogens is 1. The van der Waals surface area contributed by atoms with Crippen LogP contribution in [0.1, 0.15) is 58.1 Å². The number of aryl methyl sites for hydroxylation is 2. The Bertz CT molecular complexity index is 1240. The van der Waals surface area contributed by atoms with Crippen LogP contribution in [0.2, 0.25) is 0 Å². The zero-order valence-corrected chi connectivity index (χ0v) is 17.2. The number of nitrogens with zero attached hydrogens (tertiary/aromatic N) is 1. The molecule has 2 aromatic carbocycles. The number of benzene rings is 2. The number of aromatic amines is 1. The predicted molar refractivity (Wildman–Crippen MR) is 110 cm³/mol. The fraction of sp³-hybridized carbons (Fsp3) is 0.261. The molecule has 3 aromatic rings. The molecule has 0 aliphatic heterocycles. The van der Waals surface area contributed by atoms with Gasteiger partial charge in [-0.15, -0.1) is 0 Å². The van der Waals surface area contributed by atoms with Gasteiger partial charge in [0.15, 0.2) is 0 Å². The topological polar surface area (TPSA) is 71.9 Å². The van der Waals surface area contributed by atoms with E-state index in [1.165, 1.54) is 0 Å². The summed E-state index contributed by atoms with van der Waals surface area (Å²) in [4.78, 5) is 40.8. The lowest BCUT2D eigenvalue weighted by Gasteiger charge is -2.18. The fourth-order valence-electron chi connectivity index (χ4n) is 3.60. The number of hydrogen-bond donors (Lipinski definition) is 1. The van der Waals surface area contributed by atoms with Gasteiger partial charge in [0.2, 0.25) is 5.78 Å². The number of rotatable bonds is 5. The molecule has 3 rings (SSSR count). The third-order valence-electron chi connectivity index (χ3n) is 4.85. The summed E-state index contributed by atoms with van der Waals surface area (Å²) in [5, 5.41) is 0. The second-order valence-electron chi connectivity index (χ2n) is 7.70. The van der Waals surface area contributed by atoms with E-state index < -0.39 is 35.2 Å². The van der Waals surface area contributed by atoms with E-state index >= 15 is 0 Å². The summed E-state index contributed by atoms with van der Waals surface area (Å²) in [5.74, 6) is -2.30. The number of nitrogens with one attached hydrogen (secondary N) is 1. The highest BCUT2D eigenvalue weighted by atomic mass is 19.1. The van der Waals surface area contributed by atoms with Gasteiger partial charge in [-0.2, -0.15) is 0 Å². The largest absolute Gasteiger partial charge is 0.329 e. The molecule has 0 saturated heterocycles. The number of carbonyl (C=O) groups excluding carboxylic acids is 1. The Kier molecular flexibility index (Phi) is 5.82. The molecule has 0 aliphatic rings. The van der Waals surface area contributed by atoms with Gasteiger partial charge in [-0.3, -0.25) is 19.1 Å². The molecule has 0 atom stereocenters. The molecular formula is C23H22F2N2O3. The summed E-state index contributed by atoms with van der Waals surface area (Å²) in [6, 6.07) is 8.11. The second-order valence-corrected chi connectivity index (χ2v) is 7.70. The lowest BCUT2D eigenvalue weighted by Crippen LogP contribution is -2.38. The normalized spacial score (nSPS) is 11.2. The molecule has 1 aromatic heterocycles. The number of hydrogen-bond acceptors (Lipinski definition) is 3. The zero-order valence-electron chi connectivity index (χ0n) is 17.2. The number of aromatic nitrogens is 2. The van der Waals surface area contributed by atoms with Crippen molar-refractivity contribution < 1.29 is 13.6 Å². The van der Waals surface area contributed by atoms with E-state index in [1.807, 2.05) is 19.9 Å². The van der Waals surface area contributed by atoms with Crippen LogP contribution in [0, 0.1) is 25.5 Å². The van der Waals surface area contributed by atoms with Crippen molar-refractivity contribution in [2.75, 3.05) is 0 Å². The Labute approximate surface area is 172 Å². The third kappa shape index (κ3) is 4.15. The van der Waals surface area contributed by atoms with E-state index in [1.54, 1.807) is 26.0 Å². The SMILES string of the molecule is Cc1cc(C)cc(C(=O)c2c(C(C)C)c(=O)[nH]c(=O)n2Cc2cc(F)ccc2F)c1. The Balaban J connectivity index is 2.31. The highest BCUT2D eigenvalue weighted by Gasteiger charge is 2.25. The van der Waals surface area contributed by atoms with Crippen LogP contribution in [0.3, 0.4) is 0 Å². The highest BCUT2D eigenvalue weighted by Crippen LogP contribution is 2.21. The van der Waals surface area contributed by atoms with Crippen molar-refractivity contribution >= 4 is 5.78 Å². The van der Waals surface area contributed by atoms with Gasteiger partial charge >= 0.3 is 5.69 Å². The van der Waals surface area contributed by atoms with Crippen molar-refractivity contribution in [2.45, 2.75) is 40.2 Å². The van der Waals surface area contributed by atoms with Crippen LogP contribution in [-0.4, -0.2) is 15.3 Å². The molecule has 0 radical (unpaired) electrons. The van der Waals surface area contributed by atoms with Gasteiger partial charge in [0.05, 0.1) is 6.54 Å². The molecule has 0 amide bonds. The fourth-order valence-corrected chi connectivity index (χ4v) is 3.60. The van der Waals surface area contributed by atoms with Gasteiger partial charge in [-0.25, -0.2) is 13.6 Å². The summed E-state index contributed by atoms with van der Waals surface area (Å²) in [7, 11) is 0. The molecule has 0 fully saturated rings. The van der Waals surface area contributed by atoms with E-state index in [9.17, 15) is 23.2 Å². The van der Waals surface area contributed by atoms with Gasteiger partial charge in [-0.05, 0) is 50.1 Å². The highest BCUT2D eigenvalue weighted by molar-refractivity contribution is 6.09. The molecule has 0 saturated carbocycles. The second kappa shape index (κ2) is 8.18. The van der Waals surface area contributed by atoms with Crippen LogP contribution < -0.4 is 11.2 Å². The van der Waals surface area contributed by atoms with Gasteiger partial charge < -0.3 is 0 Å². The van der Waals surface area contributed by atoms with Gasteiger partial charge in [0, 0.05) is 16.7 Å². The first kappa shape index (κ1) is 21.4. The minimum atomic E-state index is -0.860. The third-order valence-corrected chi connectivity index (χ3v) is 4.85. The smallest absolute Gasteiger partial charge is 0.287 e. The molecule has 30 heavy (non-hydrogen) atoms. The predicted octanol–water partition coefficient (Wildman–Crippen LogP) is 3.83. The van der Waals surface area contributed by atoms with Crippen molar-refractivity contribution in [3.63, 3.8) is 0 Å². The molecule has 0 unspecified atom stereocenters. The quantitative estimate of drug-likeness (QED) is 0.648. The zero-order chi connectivity index (χ0) is 22.2. The van der Waals surface area contributed by atoms with Crippen LogP contribution in [0.15, 0.2) is 46.0 Å². The van der Waals surface area contributed by atoms with E-state index in [4.69, 9.17) is 0 Å². The van der Waals surface area contributed by atoms with Crippen molar-refractivity contribution in [3.05, 3.63) is 102 Å². The monoisotopic (exact) mass is 412 g/mol. The first-order valence-corrected chi connectivity index (χ1v) is 9.52. The summed E-state index contributed by atoms with van der Waals surface area (Å²) in [6.07, 6.45) is 0. The van der Waals surface area contributed by atoms with Crippen LogP contribution >= 0.6 is 0 Å². The molecule has 1 N–H and O–H groups in total. The Morgan fingerprint density at radius 3 is 2.27 bits per heavy atom. The number of carbonyl (C=O) groups is 1. The summed E-state index contributed by atoms with van der Waals surface area (Å²) >= 11 is 0. The Morgan fingerprint density at radius 1 is 1.03 bits per heavy atom. The molecular weight excluding hydrogens is 390 g/mol. The first-order chi connectivity index (χ1) is 14.1. The first-order valence-electron chi connectivity index (χ1n) is 9.52. The lowest BCUT2D eigenvalue weighted by atomic mass is 9.95. The average Bonchev–Trinajstić information content (AvgIpc) is 2.64. The molecule has 0 spiro atoms. The summed E-state index contributed by atoms with van der Waals surface area (Å²) in [5.41, 5.74) is 0.377. The number of ketones is 1. The molecule has 0 bridgehead atoms. The van der Waals surface area contributed by atoms with Crippen molar-refractivity contribution in [1.82, 2.24) is 9.55 Å². The van der Waals surface area contributed by atoms with Gasteiger partial charge in [0.1, 0.15) is 17.3 Å². The average molecular weight is 412 g/mol. The van der Waals surface area contributed by atoms with Crippen LogP contribution in [-0.2, 0) is 6.54 Å². The maximum Gasteiger partial charge on any atom is 0.329 e. The maximum atomic E-state index is 14.2. The van der Waals surface area contributed by atoms with Crippen LogP contribution in [0.25, 0.3) is 0 Å². The van der Waals surface area contributed by atoms with Gasteiger partial charge in [-0.1, -0.05) is 31.0 Å². The lowest BCUT2D eigenvalue weighted by molar-refractivity contribution is 0.102. The van der Waals surface area contributed by atoms with E-state index in [-0.39, 0.29) is 22.7 Å². The van der Waals surface area contributed by atoms with Crippen LogP contribution in [0.4, 0.5) is 8.78 Å². The standard InChI is InChI=1S/C23H22F2N2O3/c1-12(2)19-20(21(28)15-8-13(3)7-14(4)9-15)27(23(30)26-22(19)29)11-16-10-17(24)5-6-18(16)25/h5-10,12H,11H2,1-4H3,(H,26,29,30). The molecule has 0 aliphatic carbocycles. The minimum Gasteiger partial charge on any atom is -0.287 e. The van der Waals surface area contributed by atoms with Crippen LogP contribution in [0.5, 0.6) is 0 Å². The molecule has 1 heterocycles. The molecule has 156 valence electrons. The van der Waals surface area contributed by atoms with Crippen molar-refractivity contribution in [3.8, 4) is 0 Å².